The Morgan fingerprint density at radius 3 is 2.65 bits per heavy atom. The highest BCUT2D eigenvalue weighted by Crippen LogP contribution is 2.41. The summed E-state index contributed by atoms with van der Waals surface area (Å²) in [6.45, 7) is 2.19. The molecular formula is C24H26F2. The topological polar surface area (TPSA) is 0 Å². The van der Waals surface area contributed by atoms with Gasteiger partial charge in [-0.05, 0) is 47.8 Å². The minimum atomic E-state index is -1.54. The lowest BCUT2D eigenvalue weighted by atomic mass is 9.81. The molecule has 0 nitrogen and oxygen atoms in total. The first-order chi connectivity index (χ1) is 12.6. The minimum Gasteiger partial charge on any atom is -0.234 e. The Hall–Kier alpha value is -2.22. The smallest absolute Gasteiger partial charge is 0.158 e. The molecule has 0 fully saturated rings. The minimum absolute atomic E-state index is 0.305. The SMILES string of the molecule is CCCCCCC1=CC(F)(c2ccccc2-c2cccc(F)c2)CC=C1. The molecule has 0 heterocycles. The molecule has 0 radical (unpaired) electrons. The number of hydrogen-bond acceptors (Lipinski definition) is 0. The van der Waals surface area contributed by atoms with Crippen LogP contribution in [0.4, 0.5) is 8.78 Å². The summed E-state index contributed by atoms with van der Waals surface area (Å²) in [6.07, 6.45) is 11.7. The first-order valence-electron chi connectivity index (χ1n) is 9.55. The number of allylic oxidation sites excluding steroid dienone is 4. The van der Waals surface area contributed by atoms with Crippen LogP contribution in [0.3, 0.4) is 0 Å². The van der Waals surface area contributed by atoms with Crippen LogP contribution in [-0.2, 0) is 5.67 Å². The number of benzene rings is 2. The second-order valence-corrected chi connectivity index (χ2v) is 7.05. The summed E-state index contributed by atoms with van der Waals surface area (Å²) in [5.41, 5.74) is 1.60. The van der Waals surface area contributed by atoms with Crippen molar-refractivity contribution in [3.05, 3.63) is 83.7 Å². The molecule has 1 unspecified atom stereocenters. The zero-order chi connectivity index (χ0) is 18.4. The third kappa shape index (κ3) is 4.30. The summed E-state index contributed by atoms with van der Waals surface area (Å²) in [5.74, 6) is -0.305. The Labute approximate surface area is 155 Å². The van der Waals surface area contributed by atoms with Gasteiger partial charge in [0, 0.05) is 12.0 Å². The molecule has 0 bridgehead atoms. The molecule has 26 heavy (non-hydrogen) atoms. The lowest BCUT2D eigenvalue weighted by molar-refractivity contribution is 0.234. The van der Waals surface area contributed by atoms with Crippen molar-refractivity contribution in [2.45, 2.75) is 51.1 Å². The molecule has 0 saturated carbocycles. The number of alkyl halides is 1. The number of unbranched alkanes of at least 4 members (excludes halogenated alkanes) is 3. The summed E-state index contributed by atoms with van der Waals surface area (Å²) in [5, 5.41) is 0. The summed E-state index contributed by atoms with van der Waals surface area (Å²) in [6, 6.07) is 13.8. The fourth-order valence-corrected chi connectivity index (χ4v) is 3.64. The van der Waals surface area contributed by atoms with Crippen LogP contribution in [0.15, 0.2) is 72.3 Å². The summed E-state index contributed by atoms with van der Waals surface area (Å²) < 4.78 is 29.6. The van der Waals surface area contributed by atoms with Crippen LogP contribution in [0.1, 0.15) is 51.0 Å². The van der Waals surface area contributed by atoms with Gasteiger partial charge in [0.05, 0.1) is 0 Å². The van der Waals surface area contributed by atoms with Gasteiger partial charge in [0.2, 0.25) is 0 Å². The third-order valence-corrected chi connectivity index (χ3v) is 4.99. The van der Waals surface area contributed by atoms with E-state index in [1.54, 1.807) is 12.1 Å². The Morgan fingerprint density at radius 1 is 1.00 bits per heavy atom. The summed E-state index contributed by atoms with van der Waals surface area (Å²) >= 11 is 0. The summed E-state index contributed by atoms with van der Waals surface area (Å²) in [7, 11) is 0. The molecule has 0 N–H and O–H groups in total. The van der Waals surface area contributed by atoms with Crippen LogP contribution >= 0.6 is 0 Å². The molecule has 0 aromatic heterocycles. The highest BCUT2D eigenvalue weighted by Gasteiger charge is 2.32. The van der Waals surface area contributed by atoms with E-state index in [0.29, 0.717) is 17.5 Å². The van der Waals surface area contributed by atoms with E-state index in [1.807, 2.05) is 36.4 Å². The van der Waals surface area contributed by atoms with Gasteiger partial charge in [0.25, 0.3) is 0 Å². The van der Waals surface area contributed by atoms with Gasteiger partial charge in [-0.15, -0.1) is 0 Å². The maximum Gasteiger partial charge on any atom is 0.158 e. The second kappa shape index (κ2) is 8.44. The molecule has 136 valence electrons. The largest absolute Gasteiger partial charge is 0.234 e. The van der Waals surface area contributed by atoms with Gasteiger partial charge in [-0.2, -0.15) is 0 Å². The molecule has 2 aromatic rings. The van der Waals surface area contributed by atoms with Crippen LogP contribution in [0, 0.1) is 5.82 Å². The van der Waals surface area contributed by atoms with Crippen molar-refractivity contribution >= 4 is 0 Å². The first kappa shape index (κ1) is 18.6. The monoisotopic (exact) mass is 352 g/mol. The third-order valence-electron chi connectivity index (χ3n) is 4.99. The zero-order valence-electron chi connectivity index (χ0n) is 15.3. The fraction of sp³-hybridized carbons (Fsp3) is 0.333. The highest BCUT2D eigenvalue weighted by molar-refractivity contribution is 5.69. The Bertz CT molecular complexity index is 803. The van der Waals surface area contributed by atoms with Gasteiger partial charge in [0.1, 0.15) is 5.82 Å². The van der Waals surface area contributed by atoms with Gasteiger partial charge >= 0.3 is 0 Å². The fourth-order valence-electron chi connectivity index (χ4n) is 3.64. The maximum absolute atomic E-state index is 16.0. The van der Waals surface area contributed by atoms with E-state index >= 15 is 4.39 Å². The van der Waals surface area contributed by atoms with Crippen LogP contribution < -0.4 is 0 Å². The second-order valence-electron chi connectivity index (χ2n) is 7.05. The quantitative estimate of drug-likeness (QED) is 0.452. The average Bonchev–Trinajstić information content (AvgIpc) is 2.65. The van der Waals surface area contributed by atoms with Gasteiger partial charge in [-0.25, -0.2) is 8.78 Å². The van der Waals surface area contributed by atoms with Crippen molar-refractivity contribution in [1.29, 1.82) is 0 Å². The predicted octanol–water partition coefficient (Wildman–Crippen LogP) is 7.51. The molecule has 0 aliphatic heterocycles. The lowest BCUT2D eigenvalue weighted by Gasteiger charge is -2.27. The van der Waals surface area contributed by atoms with Crippen LogP contribution in [0.5, 0.6) is 0 Å². The van der Waals surface area contributed by atoms with Crippen molar-refractivity contribution in [3.8, 4) is 11.1 Å². The summed E-state index contributed by atoms with van der Waals surface area (Å²) in [4.78, 5) is 0. The average molecular weight is 352 g/mol. The molecule has 0 amide bonds. The standard InChI is InChI=1S/C24H26F2/c1-2-3-4-5-10-19-11-9-16-24(26,18-19)23-15-7-6-14-22(23)20-12-8-13-21(25)17-20/h6-9,11-15,17-18H,2-5,10,16H2,1H3. The Morgan fingerprint density at radius 2 is 1.85 bits per heavy atom. The van der Waals surface area contributed by atoms with Crippen molar-refractivity contribution in [2.24, 2.45) is 0 Å². The van der Waals surface area contributed by atoms with Crippen molar-refractivity contribution < 1.29 is 8.78 Å². The number of halogens is 2. The van der Waals surface area contributed by atoms with Crippen LogP contribution in [-0.4, -0.2) is 0 Å². The van der Waals surface area contributed by atoms with Gasteiger partial charge in [-0.3, -0.25) is 0 Å². The molecular weight excluding hydrogens is 326 g/mol. The highest BCUT2D eigenvalue weighted by atomic mass is 19.1. The van der Waals surface area contributed by atoms with Crippen molar-refractivity contribution in [3.63, 3.8) is 0 Å². The maximum atomic E-state index is 16.0. The van der Waals surface area contributed by atoms with E-state index in [1.165, 1.54) is 31.4 Å². The van der Waals surface area contributed by atoms with Crippen molar-refractivity contribution in [1.82, 2.24) is 0 Å². The molecule has 1 aliphatic rings. The van der Waals surface area contributed by atoms with Gasteiger partial charge in [0.15, 0.2) is 5.67 Å². The molecule has 0 saturated heterocycles. The number of hydrogen-bond donors (Lipinski definition) is 0. The molecule has 2 aromatic carbocycles. The zero-order valence-corrected chi connectivity index (χ0v) is 15.3. The van der Waals surface area contributed by atoms with E-state index < -0.39 is 5.67 Å². The van der Waals surface area contributed by atoms with E-state index in [2.05, 4.69) is 13.0 Å². The van der Waals surface area contributed by atoms with Gasteiger partial charge < -0.3 is 0 Å². The molecule has 0 spiro atoms. The van der Waals surface area contributed by atoms with E-state index in [9.17, 15) is 4.39 Å². The number of rotatable bonds is 7. The first-order valence-corrected chi connectivity index (χ1v) is 9.55. The van der Waals surface area contributed by atoms with E-state index in [0.717, 1.165) is 24.0 Å². The van der Waals surface area contributed by atoms with Crippen molar-refractivity contribution in [2.75, 3.05) is 0 Å². The lowest BCUT2D eigenvalue weighted by Crippen LogP contribution is -2.20. The van der Waals surface area contributed by atoms with Crippen LogP contribution in [0.25, 0.3) is 11.1 Å². The molecule has 3 rings (SSSR count). The van der Waals surface area contributed by atoms with E-state index in [-0.39, 0.29) is 5.82 Å². The predicted molar refractivity (Wildman–Crippen MR) is 105 cm³/mol. The molecule has 1 aliphatic carbocycles. The molecule has 2 heteroatoms. The van der Waals surface area contributed by atoms with Crippen LogP contribution in [0.2, 0.25) is 0 Å². The normalized spacial score (nSPS) is 19.4. The van der Waals surface area contributed by atoms with Gasteiger partial charge in [-0.1, -0.05) is 74.7 Å². The Kier molecular flexibility index (Phi) is 6.03. The Balaban J connectivity index is 1.90. The molecule has 1 atom stereocenters. The van der Waals surface area contributed by atoms with E-state index in [4.69, 9.17) is 0 Å².